The van der Waals surface area contributed by atoms with Crippen molar-refractivity contribution < 1.29 is 25.8 Å². The average molecular weight is 715 g/mol. The molecule has 0 unspecified atom stereocenters. The molecule has 0 spiro atoms. The van der Waals surface area contributed by atoms with E-state index in [4.69, 9.17) is 0 Å². The molecule has 42 heavy (non-hydrogen) atoms. The third-order valence-corrected chi connectivity index (χ3v) is 8.89. The van der Waals surface area contributed by atoms with E-state index in [0.29, 0.717) is 0 Å². The summed E-state index contributed by atoms with van der Waals surface area (Å²) in [6.45, 7) is 13.6. The summed E-state index contributed by atoms with van der Waals surface area (Å²) in [4.78, 5) is 0. The zero-order valence-corrected chi connectivity index (χ0v) is 30.2. The maximum Gasteiger partial charge on any atom is 4.00 e. The van der Waals surface area contributed by atoms with Crippen molar-refractivity contribution in [1.29, 1.82) is 0 Å². The maximum atomic E-state index is 2.48. The van der Waals surface area contributed by atoms with E-state index in [1.807, 2.05) is 0 Å². The molecule has 0 atom stereocenters. The first-order valence-electron chi connectivity index (χ1n) is 14.3. The van der Waals surface area contributed by atoms with Crippen LogP contribution in [0.1, 0.15) is 60.1 Å². The molecule has 0 N–H and O–H groups in total. The van der Waals surface area contributed by atoms with E-state index in [9.17, 15) is 0 Å². The average Bonchev–Trinajstić information content (AvgIpc) is 3.57. The third kappa shape index (κ3) is 5.78. The Morgan fingerprint density at radius 2 is 1.00 bits per heavy atom. The minimum Gasteiger partial charge on any atom is -0.358 e. The topological polar surface area (TPSA) is 0 Å². The van der Waals surface area contributed by atoms with Gasteiger partial charge in [-0.3, -0.25) is 0 Å². The molecule has 212 valence electrons. The van der Waals surface area contributed by atoms with Crippen molar-refractivity contribution in [3.05, 3.63) is 145 Å². The molecule has 0 saturated heterocycles. The van der Waals surface area contributed by atoms with Crippen molar-refractivity contribution in [1.82, 2.24) is 0 Å². The fourth-order valence-electron chi connectivity index (χ4n) is 6.58. The summed E-state index contributed by atoms with van der Waals surface area (Å²) in [6, 6.07) is 37.0. The van der Waals surface area contributed by atoms with Crippen molar-refractivity contribution >= 4 is 21.5 Å². The summed E-state index contributed by atoms with van der Waals surface area (Å²) in [5.41, 5.74) is 13.4. The first-order chi connectivity index (χ1) is 18.8. The van der Waals surface area contributed by atoms with E-state index in [0.717, 1.165) is 12.8 Å². The van der Waals surface area contributed by atoms with Crippen LogP contribution >= 0.6 is 0 Å². The molecule has 0 amide bonds. The molecule has 0 bridgehead atoms. The van der Waals surface area contributed by atoms with E-state index in [-0.39, 0.29) is 46.1 Å². The molecule has 0 radical (unpaired) electrons. The van der Waals surface area contributed by atoms with Crippen LogP contribution in [0, 0.1) is 42.5 Å². The number of fused-ring (bicyclic) bond motifs is 2. The second-order valence-corrected chi connectivity index (χ2v) is 11.8. The summed E-state index contributed by atoms with van der Waals surface area (Å²) < 4.78 is 0. The van der Waals surface area contributed by atoms with Crippen LogP contribution in [0.25, 0.3) is 43.8 Å². The van der Waals surface area contributed by atoms with Gasteiger partial charge in [0.2, 0.25) is 0 Å². The third-order valence-electron chi connectivity index (χ3n) is 8.89. The van der Waals surface area contributed by atoms with Crippen LogP contribution in [0.2, 0.25) is 0 Å². The van der Waals surface area contributed by atoms with Gasteiger partial charge in [0, 0.05) is 0 Å². The molecular weight excluding hydrogens is 671 g/mol. The molecule has 0 aliphatic rings. The number of hydrogen-bond acceptors (Lipinski definition) is 0. The van der Waals surface area contributed by atoms with E-state index >= 15 is 0 Å². The summed E-state index contributed by atoms with van der Waals surface area (Å²) in [5, 5.41) is 5.38. The molecule has 0 aliphatic heterocycles. The van der Waals surface area contributed by atoms with Crippen LogP contribution < -0.4 is 0 Å². The normalized spacial score (nSPS) is 11.2. The minimum absolute atomic E-state index is 0. The zero-order chi connectivity index (χ0) is 27.3. The van der Waals surface area contributed by atoms with Gasteiger partial charge in [0.05, 0.1) is 0 Å². The number of aryl methyl sites for hydroxylation is 4. The quantitative estimate of drug-likeness (QED) is 0.119. The molecule has 0 fully saturated rings. The summed E-state index contributed by atoms with van der Waals surface area (Å²) in [6.07, 6.45) is 2.24. The maximum absolute atomic E-state index is 2.48. The van der Waals surface area contributed by atoms with Crippen LogP contribution in [-0.2, 0) is 31.3 Å². The van der Waals surface area contributed by atoms with Gasteiger partial charge in [-0.15, -0.1) is 69.1 Å². The Kier molecular flexibility index (Phi) is 10.4. The smallest absolute Gasteiger partial charge is 0.358 e. The second kappa shape index (κ2) is 13.1. The molecule has 0 heterocycles. The van der Waals surface area contributed by atoms with Crippen molar-refractivity contribution in [2.75, 3.05) is 0 Å². The van der Waals surface area contributed by atoms with E-state index in [1.54, 1.807) is 0 Å². The summed E-state index contributed by atoms with van der Waals surface area (Å²) in [5.74, 6) is 0. The van der Waals surface area contributed by atoms with Gasteiger partial charge in [-0.05, 0) is 61.8 Å². The molecule has 6 rings (SSSR count). The largest absolute Gasteiger partial charge is 4.00 e. The first kappa shape index (κ1) is 33.5. The Hall–Kier alpha value is -3.03. The van der Waals surface area contributed by atoms with Gasteiger partial charge in [0.15, 0.2) is 0 Å². The molecule has 0 nitrogen and oxygen atoms in total. The Balaban J connectivity index is 0.00000161. The van der Waals surface area contributed by atoms with Crippen molar-refractivity contribution in [2.45, 2.75) is 59.8 Å². The van der Waals surface area contributed by atoms with E-state index in [1.165, 1.54) is 77.2 Å². The van der Waals surface area contributed by atoms with E-state index < -0.39 is 0 Å². The Morgan fingerprint density at radius 3 is 1.40 bits per heavy atom. The Bertz CT molecular complexity index is 1690. The molecule has 6 aromatic carbocycles. The van der Waals surface area contributed by atoms with Gasteiger partial charge in [-0.2, -0.15) is 12.1 Å². The zero-order valence-electron chi connectivity index (χ0n) is 26.7. The van der Waals surface area contributed by atoms with Gasteiger partial charge in [0.1, 0.15) is 0 Å². The van der Waals surface area contributed by atoms with E-state index in [2.05, 4.69) is 139 Å². The predicted octanol–water partition coefficient (Wildman–Crippen LogP) is 12.0. The summed E-state index contributed by atoms with van der Waals surface area (Å²) >= 11 is 0. The molecule has 0 aliphatic carbocycles. The molecule has 0 saturated carbocycles. The standard InChI is InChI=1S/C39H38.2CH3.Hf/c1-7-18-39(6,31-21-29-10-8-12-33(37(29)23-31)35-19-25(2)14-16-27(35)4)32-22-30-11-9-13-34(38(30)24-32)36-20-26(3)15-17-28(36)5;;;/h8-17,19-24H,7,18H2,1-6H3;2*1H3;/q-2;2*-1;+4. The van der Waals surface area contributed by atoms with Crippen LogP contribution in [0.3, 0.4) is 0 Å². The van der Waals surface area contributed by atoms with Gasteiger partial charge in [-0.1, -0.05) is 91.1 Å². The Labute approximate surface area is 273 Å². The summed E-state index contributed by atoms with van der Waals surface area (Å²) in [7, 11) is 0. The van der Waals surface area contributed by atoms with Crippen LogP contribution in [0.5, 0.6) is 0 Å². The second-order valence-electron chi connectivity index (χ2n) is 11.8. The monoisotopic (exact) mass is 716 g/mol. The SMILES string of the molecule is CCCC(C)(c1cc2c(-c3cc(C)ccc3C)cccc2[cH-]1)c1cc2c(-c3cc(C)ccc3C)cccc2[cH-]1.[CH3-].[CH3-].[Hf+4]. The molecule has 0 aromatic heterocycles. The Morgan fingerprint density at radius 1 is 0.571 bits per heavy atom. The van der Waals surface area contributed by atoms with Crippen molar-refractivity contribution in [2.24, 2.45) is 0 Å². The van der Waals surface area contributed by atoms with Crippen molar-refractivity contribution in [3.8, 4) is 22.3 Å². The minimum atomic E-state index is -0.0649. The van der Waals surface area contributed by atoms with Gasteiger partial charge in [-0.25, -0.2) is 0 Å². The van der Waals surface area contributed by atoms with Crippen LogP contribution in [0.4, 0.5) is 0 Å². The molecular formula is C41H44Hf. The van der Waals surface area contributed by atoms with Gasteiger partial charge >= 0.3 is 25.8 Å². The predicted molar refractivity (Wildman–Crippen MR) is 183 cm³/mol. The number of hydrogen-bond donors (Lipinski definition) is 0. The fourth-order valence-corrected chi connectivity index (χ4v) is 6.58. The number of rotatable bonds is 6. The van der Waals surface area contributed by atoms with Gasteiger partial charge in [0.25, 0.3) is 0 Å². The first-order valence-corrected chi connectivity index (χ1v) is 14.3. The molecule has 1 heteroatoms. The fraction of sp³-hybridized carbons (Fsp3) is 0.220. The van der Waals surface area contributed by atoms with Crippen LogP contribution in [0.15, 0.2) is 97.1 Å². The van der Waals surface area contributed by atoms with Crippen LogP contribution in [-0.4, -0.2) is 0 Å². The van der Waals surface area contributed by atoms with Gasteiger partial charge < -0.3 is 14.9 Å². The number of benzene rings is 4. The molecule has 6 aromatic rings. The van der Waals surface area contributed by atoms with Crippen molar-refractivity contribution in [3.63, 3.8) is 0 Å².